The summed E-state index contributed by atoms with van der Waals surface area (Å²) in [5.41, 5.74) is 2.78. The van der Waals surface area contributed by atoms with E-state index in [0.29, 0.717) is 0 Å². The molecule has 13 heavy (non-hydrogen) atoms. The first kappa shape index (κ1) is 8.36. The second-order valence-electron chi connectivity index (χ2n) is 3.46. The van der Waals surface area contributed by atoms with Crippen molar-refractivity contribution >= 4 is 0 Å². The average molecular weight is 173 g/mol. The van der Waals surface area contributed by atoms with Crippen molar-refractivity contribution in [3.05, 3.63) is 47.7 Å². The first-order valence-corrected chi connectivity index (χ1v) is 4.92. The molecule has 0 aromatic heterocycles. The zero-order chi connectivity index (χ0) is 8.93. The molecule has 1 aromatic carbocycles. The van der Waals surface area contributed by atoms with Gasteiger partial charge in [0.15, 0.2) is 0 Å². The zero-order valence-electron chi connectivity index (χ0n) is 7.79. The molecule has 0 unspecified atom stereocenters. The van der Waals surface area contributed by atoms with E-state index in [-0.39, 0.29) is 0 Å². The Morgan fingerprint density at radius 2 is 2.00 bits per heavy atom. The van der Waals surface area contributed by atoms with Crippen molar-refractivity contribution in [3.8, 4) is 0 Å². The first-order chi connectivity index (χ1) is 6.45. The number of rotatable bonds is 3. The van der Waals surface area contributed by atoms with Crippen LogP contribution in [-0.4, -0.2) is 0 Å². The van der Waals surface area contributed by atoms with Crippen molar-refractivity contribution in [2.45, 2.75) is 25.8 Å². The van der Waals surface area contributed by atoms with Gasteiger partial charge in [0.25, 0.3) is 0 Å². The van der Waals surface area contributed by atoms with Gasteiger partial charge in [-0.05, 0) is 24.8 Å². The van der Waals surface area contributed by atoms with Crippen molar-refractivity contribution in [1.82, 2.24) is 5.32 Å². The van der Waals surface area contributed by atoms with Gasteiger partial charge in [0.2, 0.25) is 0 Å². The molecule has 2 rings (SSSR count). The van der Waals surface area contributed by atoms with E-state index < -0.39 is 0 Å². The van der Waals surface area contributed by atoms with Crippen LogP contribution < -0.4 is 5.32 Å². The third-order valence-electron chi connectivity index (χ3n) is 2.40. The Bertz CT molecular complexity index is 287. The lowest BCUT2D eigenvalue weighted by Crippen LogP contribution is -2.10. The molecule has 1 N–H and O–H groups in total. The topological polar surface area (TPSA) is 12.0 Å². The minimum Gasteiger partial charge on any atom is -0.385 e. The van der Waals surface area contributed by atoms with Crippen molar-refractivity contribution in [1.29, 1.82) is 0 Å². The smallest absolute Gasteiger partial charge is 0.0397 e. The molecule has 1 nitrogen and oxygen atoms in total. The van der Waals surface area contributed by atoms with Gasteiger partial charge in [-0.3, -0.25) is 0 Å². The molecule has 0 radical (unpaired) electrons. The molecule has 0 fully saturated rings. The van der Waals surface area contributed by atoms with Crippen molar-refractivity contribution < 1.29 is 0 Å². The lowest BCUT2D eigenvalue weighted by Gasteiger charge is -2.06. The van der Waals surface area contributed by atoms with Crippen LogP contribution in [0, 0.1) is 0 Å². The molecule has 1 aromatic rings. The summed E-state index contributed by atoms with van der Waals surface area (Å²) in [4.78, 5) is 0. The predicted octanol–water partition coefficient (Wildman–Crippen LogP) is 2.84. The standard InChI is InChI=1S/C12H15N/c1-2-6-11(7-3-1)10-13-12-8-4-5-9-12/h1-3,6-8,13H,4-5,9-10H2. The number of hydrogen-bond donors (Lipinski definition) is 1. The highest BCUT2D eigenvalue weighted by Gasteiger charge is 2.02. The normalized spacial score (nSPS) is 15.5. The van der Waals surface area contributed by atoms with E-state index in [4.69, 9.17) is 0 Å². The van der Waals surface area contributed by atoms with Crippen LogP contribution in [0.25, 0.3) is 0 Å². The van der Waals surface area contributed by atoms with Crippen LogP contribution in [0.3, 0.4) is 0 Å². The average Bonchev–Trinajstić information content (AvgIpc) is 2.69. The predicted molar refractivity (Wildman–Crippen MR) is 55.2 cm³/mol. The summed E-state index contributed by atoms with van der Waals surface area (Å²) in [6, 6.07) is 10.5. The van der Waals surface area contributed by atoms with E-state index in [0.717, 1.165) is 6.54 Å². The van der Waals surface area contributed by atoms with Crippen LogP contribution >= 0.6 is 0 Å². The monoisotopic (exact) mass is 173 g/mol. The molecule has 0 amide bonds. The zero-order valence-corrected chi connectivity index (χ0v) is 7.79. The number of hydrogen-bond acceptors (Lipinski definition) is 1. The maximum absolute atomic E-state index is 3.46. The second-order valence-corrected chi connectivity index (χ2v) is 3.46. The van der Waals surface area contributed by atoms with Crippen LogP contribution in [0.5, 0.6) is 0 Å². The van der Waals surface area contributed by atoms with Crippen molar-refractivity contribution in [3.63, 3.8) is 0 Å². The quantitative estimate of drug-likeness (QED) is 0.741. The first-order valence-electron chi connectivity index (χ1n) is 4.92. The number of allylic oxidation sites excluding steroid dienone is 2. The van der Waals surface area contributed by atoms with Gasteiger partial charge in [0, 0.05) is 12.2 Å². The highest BCUT2D eigenvalue weighted by Crippen LogP contribution is 2.15. The summed E-state index contributed by atoms with van der Waals surface area (Å²) < 4.78 is 0. The Hall–Kier alpha value is -1.24. The molecule has 0 heterocycles. The Labute approximate surface area is 79.5 Å². The second kappa shape index (κ2) is 4.13. The summed E-state index contributed by atoms with van der Waals surface area (Å²) in [5.74, 6) is 0. The van der Waals surface area contributed by atoms with Gasteiger partial charge in [-0.2, -0.15) is 0 Å². The molecular formula is C12H15N. The van der Waals surface area contributed by atoms with Gasteiger partial charge in [0.05, 0.1) is 0 Å². The molecule has 1 heteroatoms. The fourth-order valence-electron chi connectivity index (χ4n) is 1.64. The van der Waals surface area contributed by atoms with Crippen molar-refractivity contribution in [2.24, 2.45) is 0 Å². The molecule has 1 aliphatic carbocycles. The largest absolute Gasteiger partial charge is 0.385 e. The Balaban J connectivity index is 1.86. The third-order valence-corrected chi connectivity index (χ3v) is 2.40. The van der Waals surface area contributed by atoms with E-state index in [2.05, 4.69) is 41.7 Å². The molecule has 0 spiro atoms. The van der Waals surface area contributed by atoms with Gasteiger partial charge >= 0.3 is 0 Å². The van der Waals surface area contributed by atoms with E-state index in [1.54, 1.807) is 0 Å². The lowest BCUT2D eigenvalue weighted by atomic mass is 10.2. The Kier molecular flexibility index (Phi) is 2.65. The third kappa shape index (κ3) is 2.35. The van der Waals surface area contributed by atoms with E-state index in [1.807, 2.05) is 0 Å². The Morgan fingerprint density at radius 3 is 2.69 bits per heavy atom. The molecule has 1 aliphatic rings. The number of nitrogens with one attached hydrogen (secondary N) is 1. The maximum atomic E-state index is 3.46. The summed E-state index contributed by atoms with van der Waals surface area (Å²) >= 11 is 0. The molecule has 0 saturated carbocycles. The highest BCUT2D eigenvalue weighted by molar-refractivity contribution is 5.16. The van der Waals surface area contributed by atoms with Gasteiger partial charge in [-0.15, -0.1) is 0 Å². The van der Waals surface area contributed by atoms with Crippen LogP contribution in [0.1, 0.15) is 24.8 Å². The van der Waals surface area contributed by atoms with Crippen LogP contribution in [0.15, 0.2) is 42.1 Å². The Morgan fingerprint density at radius 1 is 1.15 bits per heavy atom. The van der Waals surface area contributed by atoms with Crippen molar-refractivity contribution in [2.75, 3.05) is 0 Å². The van der Waals surface area contributed by atoms with Crippen LogP contribution in [0.4, 0.5) is 0 Å². The number of benzene rings is 1. The molecule has 0 atom stereocenters. The summed E-state index contributed by atoms with van der Waals surface area (Å²) in [6.07, 6.45) is 6.10. The summed E-state index contributed by atoms with van der Waals surface area (Å²) in [6.45, 7) is 0.965. The van der Waals surface area contributed by atoms with Gasteiger partial charge in [-0.25, -0.2) is 0 Å². The molecule has 0 aliphatic heterocycles. The van der Waals surface area contributed by atoms with E-state index >= 15 is 0 Å². The van der Waals surface area contributed by atoms with Gasteiger partial charge in [0.1, 0.15) is 0 Å². The van der Waals surface area contributed by atoms with Gasteiger partial charge < -0.3 is 5.32 Å². The minimum absolute atomic E-state index is 0.965. The van der Waals surface area contributed by atoms with Gasteiger partial charge in [-0.1, -0.05) is 36.4 Å². The summed E-state index contributed by atoms with van der Waals surface area (Å²) in [7, 11) is 0. The fraction of sp³-hybridized carbons (Fsp3) is 0.333. The summed E-state index contributed by atoms with van der Waals surface area (Å²) in [5, 5.41) is 3.46. The molecule has 0 bridgehead atoms. The molecule has 68 valence electrons. The SMILES string of the molecule is C1=C(NCc2ccccc2)CCC1. The highest BCUT2D eigenvalue weighted by atomic mass is 14.9. The molecule has 0 saturated heterocycles. The van der Waals surface area contributed by atoms with Crippen LogP contribution in [-0.2, 0) is 6.54 Å². The fourth-order valence-corrected chi connectivity index (χ4v) is 1.64. The molecular weight excluding hydrogens is 158 g/mol. The van der Waals surface area contributed by atoms with Crippen LogP contribution in [0.2, 0.25) is 0 Å². The minimum atomic E-state index is 0.965. The van der Waals surface area contributed by atoms with E-state index in [9.17, 15) is 0 Å². The maximum Gasteiger partial charge on any atom is 0.0397 e. The lowest BCUT2D eigenvalue weighted by molar-refractivity contribution is 0.762. The van der Waals surface area contributed by atoms with E-state index in [1.165, 1.54) is 30.5 Å².